The van der Waals surface area contributed by atoms with E-state index in [1.54, 1.807) is 14.2 Å². The maximum Gasteiger partial charge on any atom is 0.311 e. The minimum Gasteiger partial charge on any atom is -0.497 e. The van der Waals surface area contributed by atoms with Gasteiger partial charge in [-0.1, -0.05) is 18.7 Å². The fraction of sp³-hybridized carbons (Fsp3) is 0.591. The van der Waals surface area contributed by atoms with E-state index >= 15 is 0 Å². The zero-order chi connectivity index (χ0) is 20.9. The number of carbonyl (C=O) groups is 1. The van der Waals surface area contributed by atoms with Crippen molar-refractivity contribution in [2.24, 2.45) is 5.41 Å². The van der Waals surface area contributed by atoms with Crippen molar-refractivity contribution in [3.05, 3.63) is 42.0 Å². The highest BCUT2D eigenvalue weighted by molar-refractivity contribution is 5.75. The molecule has 0 amide bonds. The fourth-order valence-electron chi connectivity index (χ4n) is 2.95. The summed E-state index contributed by atoms with van der Waals surface area (Å²) in [6.07, 6.45) is -0.408. The van der Waals surface area contributed by atoms with Gasteiger partial charge in [0, 0.05) is 13.5 Å². The average Bonchev–Trinajstić information content (AvgIpc) is 2.64. The Kier molecular flexibility index (Phi) is 7.26. The molecule has 6 nitrogen and oxygen atoms in total. The number of ether oxygens (including phenoxy) is 5. The molecule has 0 unspecified atom stereocenters. The lowest BCUT2D eigenvalue weighted by molar-refractivity contribution is -0.276. The predicted molar refractivity (Wildman–Crippen MR) is 106 cm³/mol. The molecule has 2 rings (SSSR count). The van der Waals surface area contributed by atoms with Gasteiger partial charge in [-0.15, -0.1) is 0 Å². The molecular formula is C22H32O6. The predicted octanol–water partition coefficient (Wildman–Crippen LogP) is 3.88. The van der Waals surface area contributed by atoms with E-state index < -0.39 is 23.4 Å². The van der Waals surface area contributed by atoms with E-state index in [0.717, 1.165) is 16.9 Å². The lowest BCUT2D eigenvalue weighted by Crippen LogP contribution is -2.51. The molecule has 156 valence electrons. The Hall–Kier alpha value is -1.89. The Labute approximate surface area is 167 Å². The van der Waals surface area contributed by atoms with Crippen LogP contribution in [-0.2, 0) is 30.3 Å². The van der Waals surface area contributed by atoms with Gasteiger partial charge in [-0.2, -0.15) is 0 Å². The number of methoxy groups -OCH3 is 2. The Morgan fingerprint density at radius 3 is 2.43 bits per heavy atom. The van der Waals surface area contributed by atoms with Crippen LogP contribution in [-0.4, -0.2) is 44.8 Å². The molecule has 0 saturated carbocycles. The van der Waals surface area contributed by atoms with Crippen LogP contribution in [0.15, 0.2) is 36.4 Å². The summed E-state index contributed by atoms with van der Waals surface area (Å²) in [6.45, 7) is 11.9. The molecule has 0 aliphatic carbocycles. The Morgan fingerprint density at radius 1 is 1.25 bits per heavy atom. The Balaban J connectivity index is 2.08. The molecule has 1 aromatic carbocycles. The molecule has 1 fully saturated rings. The van der Waals surface area contributed by atoms with Gasteiger partial charge in [0.2, 0.25) is 0 Å². The zero-order valence-corrected chi connectivity index (χ0v) is 17.7. The van der Waals surface area contributed by atoms with Crippen molar-refractivity contribution in [2.45, 2.75) is 58.7 Å². The molecule has 0 spiro atoms. The highest BCUT2D eigenvalue weighted by Gasteiger charge is 2.42. The number of rotatable bonds is 7. The summed E-state index contributed by atoms with van der Waals surface area (Å²) in [4.78, 5) is 12.2. The van der Waals surface area contributed by atoms with Crippen molar-refractivity contribution in [3.63, 3.8) is 0 Å². The van der Waals surface area contributed by atoms with Gasteiger partial charge in [0.15, 0.2) is 5.79 Å². The molecule has 0 aromatic heterocycles. The molecule has 6 heteroatoms. The van der Waals surface area contributed by atoms with E-state index in [2.05, 4.69) is 6.58 Å². The first-order chi connectivity index (χ1) is 13.1. The molecule has 28 heavy (non-hydrogen) atoms. The zero-order valence-electron chi connectivity index (χ0n) is 17.7. The first kappa shape index (κ1) is 22.4. The molecule has 0 bridgehead atoms. The SMILES string of the molecule is C=C1C[C@@](C)(OC)O[C@H](COC(=O)C(C)(C)C)[C@H]1OCc1ccc(OC)cc1. The van der Waals surface area contributed by atoms with E-state index in [1.807, 2.05) is 52.0 Å². The molecule has 1 saturated heterocycles. The van der Waals surface area contributed by atoms with Gasteiger partial charge in [0.1, 0.15) is 24.6 Å². The van der Waals surface area contributed by atoms with Crippen LogP contribution in [0.1, 0.15) is 39.7 Å². The topological polar surface area (TPSA) is 63.2 Å². The first-order valence-corrected chi connectivity index (χ1v) is 9.40. The van der Waals surface area contributed by atoms with Gasteiger partial charge in [-0.3, -0.25) is 4.79 Å². The molecule has 1 heterocycles. The third-order valence-corrected chi connectivity index (χ3v) is 4.70. The summed E-state index contributed by atoms with van der Waals surface area (Å²) in [5.74, 6) is -0.326. The van der Waals surface area contributed by atoms with Crippen LogP contribution in [0.2, 0.25) is 0 Å². The van der Waals surface area contributed by atoms with Gasteiger partial charge < -0.3 is 23.7 Å². The van der Waals surface area contributed by atoms with E-state index in [9.17, 15) is 4.79 Å². The van der Waals surface area contributed by atoms with Crippen molar-refractivity contribution >= 4 is 5.97 Å². The maximum atomic E-state index is 12.2. The summed E-state index contributed by atoms with van der Waals surface area (Å²) < 4.78 is 28.4. The summed E-state index contributed by atoms with van der Waals surface area (Å²) in [6, 6.07) is 7.66. The number of hydrogen-bond acceptors (Lipinski definition) is 6. The average molecular weight is 392 g/mol. The first-order valence-electron chi connectivity index (χ1n) is 9.40. The van der Waals surface area contributed by atoms with Crippen molar-refractivity contribution in [2.75, 3.05) is 20.8 Å². The Morgan fingerprint density at radius 2 is 1.89 bits per heavy atom. The van der Waals surface area contributed by atoms with Crippen LogP contribution in [0.5, 0.6) is 5.75 Å². The van der Waals surface area contributed by atoms with Crippen LogP contribution >= 0.6 is 0 Å². The monoisotopic (exact) mass is 392 g/mol. The van der Waals surface area contributed by atoms with Crippen molar-refractivity contribution in [3.8, 4) is 5.75 Å². The molecule has 0 N–H and O–H groups in total. The summed E-state index contributed by atoms with van der Waals surface area (Å²) in [5.41, 5.74) is 1.26. The quantitative estimate of drug-likeness (QED) is 0.518. The van der Waals surface area contributed by atoms with E-state index in [1.165, 1.54) is 0 Å². The van der Waals surface area contributed by atoms with Gasteiger partial charge in [-0.05, 0) is 51.0 Å². The van der Waals surface area contributed by atoms with Crippen LogP contribution < -0.4 is 4.74 Å². The highest BCUT2D eigenvalue weighted by atomic mass is 16.7. The Bertz CT molecular complexity index is 675. The fourth-order valence-corrected chi connectivity index (χ4v) is 2.95. The molecule has 1 aliphatic rings. The van der Waals surface area contributed by atoms with Gasteiger partial charge in [0.05, 0.1) is 19.1 Å². The molecule has 3 atom stereocenters. The van der Waals surface area contributed by atoms with Crippen molar-refractivity contribution in [1.29, 1.82) is 0 Å². The van der Waals surface area contributed by atoms with Crippen LogP contribution in [0.4, 0.5) is 0 Å². The molecular weight excluding hydrogens is 360 g/mol. The second kappa shape index (κ2) is 9.07. The number of benzene rings is 1. The molecule has 0 radical (unpaired) electrons. The number of carbonyl (C=O) groups excluding carboxylic acids is 1. The van der Waals surface area contributed by atoms with Crippen LogP contribution in [0.25, 0.3) is 0 Å². The van der Waals surface area contributed by atoms with E-state index in [0.29, 0.717) is 13.0 Å². The minimum absolute atomic E-state index is 0.0708. The number of hydrogen-bond donors (Lipinski definition) is 0. The summed E-state index contributed by atoms with van der Waals surface area (Å²) >= 11 is 0. The lowest BCUT2D eigenvalue weighted by Gasteiger charge is -2.43. The highest BCUT2D eigenvalue weighted by Crippen LogP contribution is 2.35. The second-order valence-corrected chi connectivity index (χ2v) is 8.26. The summed E-state index contributed by atoms with van der Waals surface area (Å²) in [7, 11) is 3.22. The minimum atomic E-state index is -0.824. The van der Waals surface area contributed by atoms with Crippen molar-refractivity contribution in [1.82, 2.24) is 0 Å². The van der Waals surface area contributed by atoms with Crippen molar-refractivity contribution < 1.29 is 28.5 Å². The molecule has 1 aromatic rings. The van der Waals surface area contributed by atoms with Crippen LogP contribution in [0.3, 0.4) is 0 Å². The van der Waals surface area contributed by atoms with Gasteiger partial charge in [0.25, 0.3) is 0 Å². The van der Waals surface area contributed by atoms with Crippen LogP contribution in [0, 0.1) is 5.41 Å². The summed E-state index contributed by atoms with van der Waals surface area (Å²) in [5, 5.41) is 0. The normalized spacial score (nSPS) is 25.4. The maximum absolute atomic E-state index is 12.2. The van der Waals surface area contributed by atoms with E-state index in [-0.39, 0.29) is 12.6 Å². The standard InChI is InChI=1S/C22H32O6/c1-15-12-22(5,25-7)28-18(14-27-20(23)21(2,3)4)19(15)26-13-16-8-10-17(24-6)11-9-16/h8-11,18-19H,1,12-14H2,2-7H3/t18-,19+,22+/m1/s1. The smallest absolute Gasteiger partial charge is 0.311 e. The van der Waals surface area contributed by atoms with Gasteiger partial charge >= 0.3 is 5.97 Å². The third kappa shape index (κ3) is 5.80. The van der Waals surface area contributed by atoms with E-state index in [4.69, 9.17) is 23.7 Å². The van der Waals surface area contributed by atoms with Gasteiger partial charge in [-0.25, -0.2) is 0 Å². The molecule has 1 aliphatic heterocycles. The lowest BCUT2D eigenvalue weighted by atomic mass is 9.94. The largest absolute Gasteiger partial charge is 0.497 e. The third-order valence-electron chi connectivity index (χ3n) is 4.70. The second-order valence-electron chi connectivity index (χ2n) is 8.26. The number of esters is 1.